The standard InChI is InChI=1S/C24H36N4O3/c1-20(21-5-7-22(29-2)8-6-21)9-11-25-24(26-12-10-23-4-3-17-31-23)27-13-14-28-15-18-30-19-16-28/h3-8,17,20H,9-16,18-19H2,1-2H3,(H2,25,26,27). The van der Waals surface area contributed by atoms with Gasteiger partial charge in [-0.3, -0.25) is 9.89 Å². The number of morpholine rings is 1. The molecular formula is C24H36N4O3. The van der Waals surface area contributed by atoms with Crippen LogP contribution in [0.5, 0.6) is 5.75 Å². The van der Waals surface area contributed by atoms with Gasteiger partial charge in [-0.25, -0.2) is 0 Å². The number of nitrogens with zero attached hydrogens (tertiary/aromatic N) is 2. The van der Waals surface area contributed by atoms with Crippen molar-refractivity contribution >= 4 is 5.96 Å². The van der Waals surface area contributed by atoms with Gasteiger partial charge in [0.2, 0.25) is 0 Å². The molecule has 2 heterocycles. The molecule has 1 saturated heterocycles. The summed E-state index contributed by atoms with van der Waals surface area (Å²) in [7, 11) is 1.69. The number of hydrogen-bond acceptors (Lipinski definition) is 5. The summed E-state index contributed by atoms with van der Waals surface area (Å²) >= 11 is 0. The van der Waals surface area contributed by atoms with Crippen molar-refractivity contribution in [1.29, 1.82) is 0 Å². The van der Waals surface area contributed by atoms with Crippen LogP contribution in [0.3, 0.4) is 0 Å². The molecule has 1 unspecified atom stereocenters. The molecule has 170 valence electrons. The van der Waals surface area contributed by atoms with Gasteiger partial charge in [0.05, 0.1) is 26.6 Å². The van der Waals surface area contributed by atoms with E-state index in [1.165, 1.54) is 5.56 Å². The first-order valence-electron chi connectivity index (χ1n) is 11.2. The second-order valence-corrected chi connectivity index (χ2v) is 7.83. The molecule has 0 aliphatic carbocycles. The van der Waals surface area contributed by atoms with Crippen LogP contribution < -0.4 is 15.4 Å². The van der Waals surface area contributed by atoms with Crippen molar-refractivity contribution in [3.63, 3.8) is 0 Å². The predicted molar refractivity (Wildman–Crippen MR) is 124 cm³/mol. The zero-order chi connectivity index (χ0) is 21.7. The van der Waals surface area contributed by atoms with Crippen LogP contribution >= 0.6 is 0 Å². The minimum Gasteiger partial charge on any atom is -0.497 e. The quantitative estimate of drug-likeness (QED) is 0.424. The first-order chi connectivity index (χ1) is 15.2. The van der Waals surface area contributed by atoms with E-state index in [1.54, 1.807) is 13.4 Å². The Bertz CT molecular complexity index is 756. The first kappa shape index (κ1) is 23.2. The third-order valence-electron chi connectivity index (χ3n) is 5.58. The van der Waals surface area contributed by atoms with Gasteiger partial charge >= 0.3 is 0 Å². The molecule has 1 aromatic heterocycles. The summed E-state index contributed by atoms with van der Waals surface area (Å²) in [5, 5.41) is 6.93. The number of aliphatic imine (C=N–C) groups is 1. The van der Waals surface area contributed by atoms with Crippen LogP contribution in [0.4, 0.5) is 0 Å². The van der Waals surface area contributed by atoms with Gasteiger partial charge in [-0.2, -0.15) is 0 Å². The van der Waals surface area contributed by atoms with Crippen molar-refractivity contribution < 1.29 is 13.9 Å². The van der Waals surface area contributed by atoms with Crippen molar-refractivity contribution in [1.82, 2.24) is 15.5 Å². The van der Waals surface area contributed by atoms with E-state index in [4.69, 9.17) is 18.9 Å². The molecule has 7 nitrogen and oxygen atoms in total. The van der Waals surface area contributed by atoms with Crippen LogP contribution in [0, 0.1) is 0 Å². The molecule has 1 fully saturated rings. The third kappa shape index (κ3) is 8.26. The lowest BCUT2D eigenvalue weighted by molar-refractivity contribution is 0.0389. The second kappa shape index (κ2) is 13.0. The second-order valence-electron chi connectivity index (χ2n) is 7.83. The fourth-order valence-corrected chi connectivity index (χ4v) is 3.56. The molecule has 0 bridgehead atoms. The van der Waals surface area contributed by atoms with Crippen molar-refractivity contribution in [3.8, 4) is 5.75 Å². The molecule has 1 atom stereocenters. The lowest BCUT2D eigenvalue weighted by Crippen LogP contribution is -2.44. The van der Waals surface area contributed by atoms with E-state index in [2.05, 4.69) is 34.6 Å². The van der Waals surface area contributed by atoms with Crippen LogP contribution in [-0.2, 0) is 11.2 Å². The van der Waals surface area contributed by atoms with E-state index < -0.39 is 0 Å². The summed E-state index contributed by atoms with van der Waals surface area (Å²) in [6.07, 6.45) is 3.53. The molecular weight excluding hydrogens is 392 g/mol. The van der Waals surface area contributed by atoms with E-state index >= 15 is 0 Å². The Morgan fingerprint density at radius 2 is 1.90 bits per heavy atom. The van der Waals surface area contributed by atoms with Gasteiger partial charge in [0.25, 0.3) is 0 Å². The first-order valence-corrected chi connectivity index (χ1v) is 11.2. The lowest BCUT2D eigenvalue weighted by atomic mass is 9.98. The number of guanidine groups is 1. The topological polar surface area (TPSA) is 71.3 Å². The third-order valence-corrected chi connectivity index (χ3v) is 5.58. The maximum Gasteiger partial charge on any atom is 0.191 e. The number of ether oxygens (including phenoxy) is 2. The number of hydrogen-bond donors (Lipinski definition) is 2. The predicted octanol–water partition coefficient (Wildman–Crippen LogP) is 2.89. The molecule has 3 rings (SSSR count). The lowest BCUT2D eigenvalue weighted by Gasteiger charge is -2.26. The fourth-order valence-electron chi connectivity index (χ4n) is 3.56. The van der Waals surface area contributed by atoms with Crippen LogP contribution in [0.1, 0.15) is 30.6 Å². The molecule has 31 heavy (non-hydrogen) atoms. The Kier molecular flexibility index (Phi) is 9.73. The van der Waals surface area contributed by atoms with Crippen LogP contribution in [0.15, 0.2) is 52.1 Å². The molecule has 0 amide bonds. The van der Waals surface area contributed by atoms with Gasteiger partial charge in [0.1, 0.15) is 11.5 Å². The minimum atomic E-state index is 0.437. The normalized spacial score (nSPS) is 16.1. The minimum absolute atomic E-state index is 0.437. The van der Waals surface area contributed by atoms with E-state index in [9.17, 15) is 0 Å². The van der Waals surface area contributed by atoms with Crippen molar-refractivity contribution in [2.24, 2.45) is 4.99 Å². The highest BCUT2D eigenvalue weighted by atomic mass is 16.5. The molecule has 0 spiro atoms. The summed E-state index contributed by atoms with van der Waals surface area (Å²) in [5.41, 5.74) is 1.31. The van der Waals surface area contributed by atoms with Gasteiger partial charge in [0, 0.05) is 45.7 Å². The fraction of sp³-hybridized carbons (Fsp3) is 0.542. The van der Waals surface area contributed by atoms with E-state index in [0.717, 1.165) is 82.8 Å². The Morgan fingerprint density at radius 3 is 2.61 bits per heavy atom. The number of nitrogens with one attached hydrogen (secondary N) is 2. The molecule has 7 heteroatoms. The molecule has 1 aliphatic heterocycles. The van der Waals surface area contributed by atoms with Crippen molar-refractivity contribution in [2.75, 3.05) is 59.6 Å². The average Bonchev–Trinajstić information content (AvgIpc) is 3.33. The van der Waals surface area contributed by atoms with Crippen LogP contribution in [0.2, 0.25) is 0 Å². The van der Waals surface area contributed by atoms with E-state index in [0.29, 0.717) is 5.92 Å². The van der Waals surface area contributed by atoms with E-state index in [1.807, 2.05) is 24.3 Å². The van der Waals surface area contributed by atoms with Crippen molar-refractivity contribution in [2.45, 2.75) is 25.7 Å². The number of methoxy groups -OCH3 is 1. The smallest absolute Gasteiger partial charge is 0.191 e. The van der Waals surface area contributed by atoms with Crippen molar-refractivity contribution in [3.05, 3.63) is 54.0 Å². The van der Waals surface area contributed by atoms with E-state index in [-0.39, 0.29) is 0 Å². The van der Waals surface area contributed by atoms with Gasteiger partial charge in [-0.15, -0.1) is 0 Å². The highest BCUT2D eigenvalue weighted by molar-refractivity contribution is 5.79. The zero-order valence-corrected chi connectivity index (χ0v) is 18.8. The van der Waals surface area contributed by atoms with Crippen LogP contribution in [-0.4, -0.2) is 70.5 Å². The summed E-state index contributed by atoms with van der Waals surface area (Å²) < 4.78 is 16.1. The van der Waals surface area contributed by atoms with Gasteiger partial charge in [-0.05, 0) is 42.2 Å². The Hall–Kier alpha value is -2.51. The van der Waals surface area contributed by atoms with Crippen LogP contribution in [0.25, 0.3) is 0 Å². The molecule has 2 aromatic rings. The SMILES string of the molecule is COc1ccc(C(C)CCN=C(NCCc2ccco2)NCCN2CCOCC2)cc1. The summed E-state index contributed by atoms with van der Waals surface area (Å²) in [6.45, 7) is 9.29. The number of furan rings is 1. The largest absolute Gasteiger partial charge is 0.497 e. The average molecular weight is 429 g/mol. The highest BCUT2D eigenvalue weighted by Gasteiger charge is 2.10. The molecule has 1 aliphatic rings. The summed E-state index contributed by atoms with van der Waals surface area (Å²) in [5.74, 6) is 3.17. The number of rotatable bonds is 11. The Balaban J connectivity index is 1.47. The zero-order valence-electron chi connectivity index (χ0n) is 18.8. The molecule has 0 radical (unpaired) electrons. The molecule has 0 saturated carbocycles. The summed E-state index contributed by atoms with van der Waals surface area (Å²) in [6, 6.07) is 12.2. The highest BCUT2D eigenvalue weighted by Crippen LogP contribution is 2.21. The number of benzene rings is 1. The Labute approximate surface area is 185 Å². The summed E-state index contributed by atoms with van der Waals surface area (Å²) in [4.78, 5) is 7.24. The van der Waals surface area contributed by atoms with Gasteiger partial charge < -0.3 is 24.5 Å². The maximum absolute atomic E-state index is 5.43. The Morgan fingerprint density at radius 1 is 1.13 bits per heavy atom. The van der Waals surface area contributed by atoms with Gasteiger partial charge in [-0.1, -0.05) is 19.1 Å². The molecule has 1 aromatic carbocycles. The molecule has 2 N–H and O–H groups in total. The van der Waals surface area contributed by atoms with Gasteiger partial charge in [0.15, 0.2) is 5.96 Å². The maximum atomic E-state index is 5.43. The monoisotopic (exact) mass is 428 g/mol.